The van der Waals surface area contributed by atoms with Crippen molar-refractivity contribution in [2.75, 3.05) is 0 Å². The predicted octanol–water partition coefficient (Wildman–Crippen LogP) is 3.72. The van der Waals surface area contributed by atoms with Crippen molar-refractivity contribution in [3.05, 3.63) is 53.1 Å². The molecule has 0 atom stereocenters. The summed E-state index contributed by atoms with van der Waals surface area (Å²) in [5, 5.41) is 9.12. The summed E-state index contributed by atoms with van der Waals surface area (Å²) < 4.78 is 0. The number of H-pyrrole nitrogens is 1. The number of fused-ring (bicyclic) bond motifs is 1. The Morgan fingerprint density at radius 1 is 1.05 bits per heavy atom. The zero-order valence-corrected chi connectivity index (χ0v) is 10.9. The van der Waals surface area contributed by atoms with Gasteiger partial charge in [0.2, 0.25) is 0 Å². The van der Waals surface area contributed by atoms with Crippen molar-refractivity contribution in [3.8, 4) is 17.5 Å². The molecule has 0 radical (unpaired) electrons. The molecular formula is C16H13N3. The van der Waals surface area contributed by atoms with Crippen LogP contribution in [0, 0.1) is 25.2 Å². The van der Waals surface area contributed by atoms with Gasteiger partial charge in [-0.05, 0) is 37.1 Å². The van der Waals surface area contributed by atoms with E-state index in [0.717, 1.165) is 22.4 Å². The Labute approximate surface area is 111 Å². The molecule has 0 bridgehead atoms. The van der Waals surface area contributed by atoms with Gasteiger partial charge in [0.05, 0.1) is 11.1 Å². The lowest BCUT2D eigenvalue weighted by atomic mass is 10.0. The lowest BCUT2D eigenvalue weighted by Crippen LogP contribution is -1.89. The highest BCUT2D eigenvalue weighted by Crippen LogP contribution is 2.27. The van der Waals surface area contributed by atoms with E-state index in [1.165, 1.54) is 11.1 Å². The van der Waals surface area contributed by atoms with Crippen LogP contribution in [0.1, 0.15) is 16.7 Å². The largest absolute Gasteiger partial charge is 0.338 e. The molecule has 0 aliphatic heterocycles. The minimum atomic E-state index is 0.603. The van der Waals surface area contributed by atoms with Gasteiger partial charge in [0.15, 0.2) is 0 Å². The fourth-order valence-corrected chi connectivity index (χ4v) is 2.43. The van der Waals surface area contributed by atoms with Gasteiger partial charge in [-0.15, -0.1) is 0 Å². The van der Waals surface area contributed by atoms with Crippen molar-refractivity contribution in [2.24, 2.45) is 0 Å². The van der Waals surface area contributed by atoms with E-state index in [2.05, 4.69) is 42.0 Å². The lowest BCUT2D eigenvalue weighted by Gasteiger charge is -2.05. The summed E-state index contributed by atoms with van der Waals surface area (Å²) >= 11 is 0. The van der Waals surface area contributed by atoms with Gasteiger partial charge < -0.3 is 4.98 Å². The summed E-state index contributed by atoms with van der Waals surface area (Å²) in [5.41, 5.74) is 5.71. The van der Waals surface area contributed by atoms with Crippen LogP contribution < -0.4 is 0 Å². The SMILES string of the molecule is Cc1cccc(C)c1-c1nc2c(C#N)cccc2[nH]1. The Balaban J connectivity index is 2.31. The number of hydrogen-bond donors (Lipinski definition) is 1. The summed E-state index contributed by atoms with van der Waals surface area (Å²) in [4.78, 5) is 7.90. The second-order valence-electron chi connectivity index (χ2n) is 4.67. The molecule has 2 aromatic carbocycles. The van der Waals surface area contributed by atoms with Crippen LogP contribution in [0.2, 0.25) is 0 Å². The number of imidazole rings is 1. The molecule has 0 amide bonds. The number of aryl methyl sites for hydroxylation is 2. The van der Waals surface area contributed by atoms with Gasteiger partial charge in [-0.25, -0.2) is 4.98 Å². The van der Waals surface area contributed by atoms with Crippen LogP contribution >= 0.6 is 0 Å². The van der Waals surface area contributed by atoms with Crippen molar-refractivity contribution in [3.63, 3.8) is 0 Å². The Morgan fingerprint density at radius 2 is 1.74 bits per heavy atom. The molecule has 92 valence electrons. The van der Waals surface area contributed by atoms with Crippen LogP contribution in [0.25, 0.3) is 22.4 Å². The number of nitriles is 1. The number of aromatic amines is 1. The molecule has 0 unspecified atom stereocenters. The average Bonchev–Trinajstić information content (AvgIpc) is 2.81. The third kappa shape index (κ3) is 1.78. The van der Waals surface area contributed by atoms with Gasteiger partial charge in [0, 0.05) is 5.56 Å². The molecule has 0 aliphatic carbocycles. The van der Waals surface area contributed by atoms with Crippen LogP contribution in [0.4, 0.5) is 0 Å². The normalized spacial score (nSPS) is 10.6. The van der Waals surface area contributed by atoms with E-state index in [0.29, 0.717) is 5.56 Å². The summed E-state index contributed by atoms with van der Waals surface area (Å²) in [6.45, 7) is 4.14. The van der Waals surface area contributed by atoms with Gasteiger partial charge >= 0.3 is 0 Å². The zero-order chi connectivity index (χ0) is 13.4. The molecule has 3 aromatic rings. The molecule has 3 rings (SSSR count). The van der Waals surface area contributed by atoms with Crippen molar-refractivity contribution < 1.29 is 0 Å². The molecule has 0 saturated heterocycles. The molecule has 0 aliphatic rings. The Morgan fingerprint density at radius 3 is 2.42 bits per heavy atom. The number of nitrogens with one attached hydrogen (secondary N) is 1. The fraction of sp³-hybridized carbons (Fsp3) is 0.125. The fourth-order valence-electron chi connectivity index (χ4n) is 2.43. The summed E-state index contributed by atoms with van der Waals surface area (Å²) in [6.07, 6.45) is 0. The van der Waals surface area contributed by atoms with Crippen LogP contribution in [0.5, 0.6) is 0 Å². The summed E-state index contributed by atoms with van der Waals surface area (Å²) in [7, 11) is 0. The molecule has 3 heteroatoms. The van der Waals surface area contributed by atoms with Crippen molar-refractivity contribution in [1.29, 1.82) is 5.26 Å². The second-order valence-corrected chi connectivity index (χ2v) is 4.67. The molecule has 0 saturated carbocycles. The monoisotopic (exact) mass is 247 g/mol. The van der Waals surface area contributed by atoms with E-state index in [-0.39, 0.29) is 0 Å². The molecule has 1 N–H and O–H groups in total. The molecule has 19 heavy (non-hydrogen) atoms. The molecular weight excluding hydrogens is 234 g/mol. The Hall–Kier alpha value is -2.60. The first kappa shape index (κ1) is 11.5. The van der Waals surface area contributed by atoms with E-state index in [9.17, 15) is 0 Å². The highest BCUT2D eigenvalue weighted by molar-refractivity contribution is 5.85. The first-order valence-corrected chi connectivity index (χ1v) is 6.16. The number of para-hydroxylation sites is 1. The van der Waals surface area contributed by atoms with Crippen LogP contribution in [0.3, 0.4) is 0 Å². The maximum absolute atomic E-state index is 9.12. The first-order chi connectivity index (χ1) is 9.20. The molecule has 1 heterocycles. The lowest BCUT2D eigenvalue weighted by molar-refractivity contribution is 1.27. The topological polar surface area (TPSA) is 52.5 Å². The van der Waals surface area contributed by atoms with Gasteiger partial charge in [-0.1, -0.05) is 24.3 Å². The van der Waals surface area contributed by atoms with Crippen molar-refractivity contribution >= 4 is 11.0 Å². The maximum Gasteiger partial charge on any atom is 0.139 e. The second kappa shape index (κ2) is 4.25. The highest BCUT2D eigenvalue weighted by atomic mass is 14.9. The Bertz CT molecular complexity index is 786. The minimum absolute atomic E-state index is 0.603. The van der Waals surface area contributed by atoms with E-state index in [1.807, 2.05) is 18.2 Å². The molecule has 1 aromatic heterocycles. The number of nitrogens with zero attached hydrogens (tertiary/aromatic N) is 2. The Kier molecular flexibility index (Phi) is 2.57. The quantitative estimate of drug-likeness (QED) is 0.712. The number of benzene rings is 2. The van der Waals surface area contributed by atoms with Gasteiger partial charge in [0.1, 0.15) is 17.4 Å². The van der Waals surface area contributed by atoms with E-state index >= 15 is 0 Å². The summed E-state index contributed by atoms with van der Waals surface area (Å²) in [5.74, 6) is 0.827. The van der Waals surface area contributed by atoms with E-state index < -0.39 is 0 Å². The predicted molar refractivity (Wildman–Crippen MR) is 75.7 cm³/mol. The van der Waals surface area contributed by atoms with Gasteiger partial charge in [-0.3, -0.25) is 0 Å². The highest BCUT2D eigenvalue weighted by Gasteiger charge is 2.12. The third-order valence-electron chi connectivity index (χ3n) is 3.35. The van der Waals surface area contributed by atoms with Crippen LogP contribution in [0.15, 0.2) is 36.4 Å². The van der Waals surface area contributed by atoms with Crippen molar-refractivity contribution in [2.45, 2.75) is 13.8 Å². The average molecular weight is 247 g/mol. The number of aromatic nitrogens is 2. The van der Waals surface area contributed by atoms with Gasteiger partial charge in [-0.2, -0.15) is 5.26 Å². The van der Waals surface area contributed by atoms with E-state index in [1.54, 1.807) is 6.07 Å². The zero-order valence-electron chi connectivity index (χ0n) is 10.9. The van der Waals surface area contributed by atoms with Crippen LogP contribution in [-0.2, 0) is 0 Å². The third-order valence-corrected chi connectivity index (χ3v) is 3.35. The first-order valence-electron chi connectivity index (χ1n) is 6.16. The summed E-state index contributed by atoms with van der Waals surface area (Å²) in [6, 6.07) is 14.0. The minimum Gasteiger partial charge on any atom is -0.338 e. The van der Waals surface area contributed by atoms with E-state index in [4.69, 9.17) is 5.26 Å². The maximum atomic E-state index is 9.12. The van der Waals surface area contributed by atoms with Crippen molar-refractivity contribution in [1.82, 2.24) is 9.97 Å². The molecule has 3 nitrogen and oxygen atoms in total. The number of hydrogen-bond acceptors (Lipinski definition) is 2. The standard InChI is InChI=1S/C16H13N3/c1-10-5-3-6-11(2)14(10)16-18-13-8-4-7-12(9-17)15(13)19-16/h3-8H,1-2H3,(H,18,19). The smallest absolute Gasteiger partial charge is 0.139 e. The molecule has 0 spiro atoms. The van der Waals surface area contributed by atoms with Crippen LogP contribution in [-0.4, -0.2) is 9.97 Å². The molecule has 0 fully saturated rings. The number of rotatable bonds is 1. The van der Waals surface area contributed by atoms with Gasteiger partial charge in [0.25, 0.3) is 0 Å².